The fraction of sp³-hybridized carbons (Fsp3) is 0.818. The second-order valence-corrected chi connectivity index (χ2v) is 4.30. The van der Waals surface area contributed by atoms with E-state index in [9.17, 15) is 9.59 Å². The number of nitrogens with one attached hydrogen (secondary N) is 1. The summed E-state index contributed by atoms with van der Waals surface area (Å²) in [6.45, 7) is 5.44. The Morgan fingerprint density at radius 2 is 2.00 bits per heavy atom. The standard InChI is InChI=1S/C11H22N2O4/c1-9(2)6-13(8-11(15)16)7-10(14)12-4-5-17-3/h9H,4-8H2,1-3H3,(H,12,14)(H,15,16). The second kappa shape index (κ2) is 8.95. The molecule has 0 spiro atoms. The third-order valence-electron chi connectivity index (χ3n) is 1.98. The normalized spacial score (nSPS) is 10.9. The predicted molar refractivity (Wildman–Crippen MR) is 63.8 cm³/mol. The van der Waals surface area contributed by atoms with Crippen molar-refractivity contribution in [1.29, 1.82) is 0 Å². The summed E-state index contributed by atoms with van der Waals surface area (Å²) >= 11 is 0. The summed E-state index contributed by atoms with van der Waals surface area (Å²) < 4.78 is 4.80. The highest BCUT2D eigenvalue weighted by Crippen LogP contribution is 1.98. The van der Waals surface area contributed by atoms with Gasteiger partial charge in [-0.05, 0) is 5.92 Å². The number of ether oxygens (including phenoxy) is 1. The number of carboxylic acid groups (broad SMARTS) is 1. The van der Waals surface area contributed by atoms with Crippen molar-refractivity contribution < 1.29 is 19.4 Å². The molecule has 0 radical (unpaired) electrons. The van der Waals surface area contributed by atoms with Gasteiger partial charge in [0.1, 0.15) is 0 Å². The van der Waals surface area contributed by atoms with E-state index in [4.69, 9.17) is 9.84 Å². The summed E-state index contributed by atoms with van der Waals surface area (Å²) in [5.74, 6) is -0.777. The number of carbonyl (C=O) groups is 2. The molecule has 0 rings (SSSR count). The van der Waals surface area contributed by atoms with Crippen molar-refractivity contribution in [3.8, 4) is 0 Å². The molecule has 100 valence electrons. The number of methoxy groups -OCH3 is 1. The lowest BCUT2D eigenvalue weighted by Crippen LogP contribution is -2.42. The number of carbonyl (C=O) groups excluding carboxylic acids is 1. The van der Waals surface area contributed by atoms with E-state index in [1.165, 1.54) is 0 Å². The molecule has 0 aromatic heterocycles. The molecule has 0 saturated carbocycles. The van der Waals surface area contributed by atoms with Crippen molar-refractivity contribution >= 4 is 11.9 Å². The van der Waals surface area contributed by atoms with Crippen LogP contribution < -0.4 is 5.32 Å². The molecule has 0 aromatic carbocycles. The summed E-state index contributed by atoms with van der Waals surface area (Å²) in [7, 11) is 1.56. The van der Waals surface area contributed by atoms with Crippen LogP contribution in [0.5, 0.6) is 0 Å². The number of nitrogens with zero attached hydrogens (tertiary/aromatic N) is 1. The van der Waals surface area contributed by atoms with Crippen LogP contribution in [-0.2, 0) is 14.3 Å². The summed E-state index contributed by atoms with van der Waals surface area (Å²) in [6.07, 6.45) is 0. The summed E-state index contributed by atoms with van der Waals surface area (Å²) in [4.78, 5) is 23.7. The number of amides is 1. The highest BCUT2D eigenvalue weighted by molar-refractivity contribution is 5.79. The smallest absolute Gasteiger partial charge is 0.317 e. The van der Waals surface area contributed by atoms with Gasteiger partial charge in [0.25, 0.3) is 0 Å². The molecule has 0 aromatic rings. The number of hydrogen-bond donors (Lipinski definition) is 2. The molecule has 0 saturated heterocycles. The molecular weight excluding hydrogens is 224 g/mol. The maximum Gasteiger partial charge on any atom is 0.317 e. The maximum atomic E-state index is 11.5. The van der Waals surface area contributed by atoms with E-state index in [2.05, 4.69) is 5.32 Å². The lowest BCUT2D eigenvalue weighted by atomic mass is 10.2. The van der Waals surface area contributed by atoms with E-state index < -0.39 is 5.97 Å². The van der Waals surface area contributed by atoms with Gasteiger partial charge in [-0.25, -0.2) is 0 Å². The van der Waals surface area contributed by atoms with Gasteiger partial charge in [0.15, 0.2) is 0 Å². The molecule has 0 aliphatic rings. The summed E-state index contributed by atoms with van der Waals surface area (Å²) in [6, 6.07) is 0. The Morgan fingerprint density at radius 3 is 2.47 bits per heavy atom. The van der Waals surface area contributed by atoms with E-state index in [0.29, 0.717) is 25.6 Å². The van der Waals surface area contributed by atoms with Crippen LogP contribution in [0.2, 0.25) is 0 Å². The van der Waals surface area contributed by atoms with Crippen LogP contribution in [0.15, 0.2) is 0 Å². The zero-order valence-corrected chi connectivity index (χ0v) is 10.7. The molecule has 0 atom stereocenters. The van der Waals surface area contributed by atoms with Crippen LogP contribution in [0.4, 0.5) is 0 Å². The lowest BCUT2D eigenvalue weighted by molar-refractivity contribution is -0.138. The van der Waals surface area contributed by atoms with E-state index >= 15 is 0 Å². The molecule has 1 amide bonds. The second-order valence-electron chi connectivity index (χ2n) is 4.30. The van der Waals surface area contributed by atoms with Crippen molar-refractivity contribution in [3.05, 3.63) is 0 Å². The molecule has 2 N–H and O–H groups in total. The summed E-state index contributed by atoms with van der Waals surface area (Å²) in [5.41, 5.74) is 0. The average Bonchev–Trinajstić information content (AvgIpc) is 2.15. The van der Waals surface area contributed by atoms with Gasteiger partial charge in [0.05, 0.1) is 19.7 Å². The van der Waals surface area contributed by atoms with Crippen molar-refractivity contribution in [2.75, 3.05) is 39.9 Å². The van der Waals surface area contributed by atoms with E-state index in [1.54, 1.807) is 12.0 Å². The van der Waals surface area contributed by atoms with E-state index in [-0.39, 0.29) is 19.0 Å². The monoisotopic (exact) mass is 246 g/mol. The lowest BCUT2D eigenvalue weighted by Gasteiger charge is -2.21. The first-order valence-electron chi connectivity index (χ1n) is 5.65. The number of carboxylic acids is 1. The van der Waals surface area contributed by atoms with Crippen molar-refractivity contribution in [2.24, 2.45) is 5.92 Å². The Hall–Kier alpha value is -1.14. The van der Waals surface area contributed by atoms with E-state index in [0.717, 1.165) is 0 Å². The van der Waals surface area contributed by atoms with E-state index in [1.807, 2.05) is 13.8 Å². The Bertz CT molecular complexity index is 244. The topological polar surface area (TPSA) is 78.9 Å². The molecule has 0 aliphatic carbocycles. The number of rotatable bonds is 9. The molecule has 0 heterocycles. The van der Waals surface area contributed by atoms with Crippen molar-refractivity contribution in [3.63, 3.8) is 0 Å². The molecule has 0 bridgehead atoms. The van der Waals surface area contributed by atoms with Gasteiger partial charge in [-0.3, -0.25) is 14.5 Å². The molecule has 17 heavy (non-hydrogen) atoms. The first-order chi connectivity index (χ1) is 7.95. The first kappa shape index (κ1) is 15.9. The van der Waals surface area contributed by atoms with Gasteiger partial charge in [-0.2, -0.15) is 0 Å². The third-order valence-corrected chi connectivity index (χ3v) is 1.98. The molecule has 0 aliphatic heterocycles. The van der Waals surface area contributed by atoms with Crippen LogP contribution in [-0.4, -0.2) is 61.8 Å². The van der Waals surface area contributed by atoms with Gasteiger partial charge in [0, 0.05) is 20.2 Å². The van der Waals surface area contributed by atoms with Gasteiger partial charge >= 0.3 is 5.97 Å². The SMILES string of the molecule is COCCNC(=O)CN(CC(=O)O)CC(C)C. The number of aliphatic carboxylic acids is 1. The van der Waals surface area contributed by atoms with Crippen molar-refractivity contribution in [2.45, 2.75) is 13.8 Å². The zero-order chi connectivity index (χ0) is 13.3. The van der Waals surface area contributed by atoms with Gasteiger partial charge in [-0.1, -0.05) is 13.8 Å². The first-order valence-corrected chi connectivity index (χ1v) is 5.65. The van der Waals surface area contributed by atoms with Crippen LogP contribution in [0, 0.1) is 5.92 Å². The van der Waals surface area contributed by atoms with Crippen LogP contribution >= 0.6 is 0 Å². The fourth-order valence-electron chi connectivity index (χ4n) is 1.44. The minimum atomic E-state index is -0.921. The third kappa shape index (κ3) is 9.77. The maximum absolute atomic E-state index is 11.5. The van der Waals surface area contributed by atoms with Gasteiger partial charge < -0.3 is 15.2 Å². The van der Waals surface area contributed by atoms with Crippen LogP contribution in [0.3, 0.4) is 0 Å². The molecule has 6 heteroatoms. The fourth-order valence-corrected chi connectivity index (χ4v) is 1.44. The molecule has 0 unspecified atom stereocenters. The van der Waals surface area contributed by atoms with Gasteiger partial charge in [0.2, 0.25) is 5.91 Å². The molecule has 0 fully saturated rings. The van der Waals surface area contributed by atoms with Crippen LogP contribution in [0.1, 0.15) is 13.8 Å². The highest BCUT2D eigenvalue weighted by Gasteiger charge is 2.14. The molecule has 6 nitrogen and oxygen atoms in total. The number of hydrogen-bond acceptors (Lipinski definition) is 4. The largest absolute Gasteiger partial charge is 0.480 e. The van der Waals surface area contributed by atoms with Crippen molar-refractivity contribution in [1.82, 2.24) is 10.2 Å². The van der Waals surface area contributed by atoms with Gasteiger partial charge in [-0.15, -0.1) is 0 Å². The van der Waals surface area contributed by atoms with Crippen LogP contribution in [0.25, 0.3) is 0 Å². The Labute approximate surface area is 102 Å². The zero-order valence-electron chi connectivity index (χ0n) is 10.7. The molecular formula is C11H22N2O4. The Morgan fingerprint density at radius 1 is 1.35 bits per heavy atom. The Balaban J connectivity index is 4.03. The summed E-state index contributed by atoms with van der Waals surface area (Å²) in [5, 5.41) is 11.4. The minimum absolute atomic E-state index is 0.105. The highest BCUT2D eigenvalue weighted by atomic mass is 16.5. The quantitative estimate of drug-likeness (QED) is 0.550. The predicted octanol–water partition coefficient (Wildman–Crippen LogP) is -0.208. The average molecular weight is 246 g/mol. The Kier molecular flexibility index (Phi) is 8.35. The minimum Gasteiger partial charge on any atom is -0.480 e.